The largest absolute Gasteiger partial charge is 0.351 e. The number of hydrogen-bond donors (Lipinski definition) is 1. The number of fused-ring (bicyclic) bond motifs is 1. The monoisotopic (exact) mass is 275 g/mol. The standard InChI is InChI=1S/C15H17NO4/c17-9-13-6-3-4-8-19-11-20-10-12-5-1-2-7-14(12)15(18)16-13/h1-5,7,9,13H,6,8,10-11H2,(H,16,18)/b4-3-/t13-/m0/s1. The van der Waals surface area contributed by atoms with E-state index in [1.165, 1.54) is 0 Å². The summed E-state index contributed by atoms with van der Waals surface area (Å²) < 4.78 is 10.6. The zero-order valence-electron chi connectivity index (χ0n) is 11.1. The topological polar surface area (TPSA) is 64.6 Å². The van der Waals surface area contributed by atoms with Gasteiger partial charge in [-0.2, -0.15) is 0 Å². The first-order valence-electron chi connectivity index (χ1n) is 6.46. The van der Waals surface area contributed by atoms with Crippen LogP contribution < -0.4 is 5.32 Å². The maximum atomic E-state index is 12.2. The SMILES string of the molecule is O=C[C@@H]1C/C=C\COCOCc2ccccc2C(=O)N1. The summed E-state index contributed by atoms with van der Waals surface area (Å²) in [5.74, 6) is -0.269. The lowest BCUT2D eigenvalue weighted by Crippen LogP contribution is -2.36. The van der Waals surface area contributed by atoms with Crippen molar-refractivity contribution in [3.05, 3.63) is 47.5 Å². The highest BCUT2D eigenvalue weighted by Gasteiger charge is 2.15. The fourth-order valence-electron chi connectivity index (χ4n) is 1.90. The molecule has 1 aliphatic heterocycles. The van der Waals surface area contributed by atoms with E-state index >= 15 is 0 Å². The summed E-state index contributed by atoms with van der Waals surface area (Å²) in [7, 11) is 0. The van der Waals surface area contributed by atoms with Crippen LogP contribution in [0.4, 0.5) is 0 Å². The molecule has 1 aliphatic rings. The van der Waals surface area contributed by atoms with Crippen LogP contribution in [0.2, 0.25) is 0 Å². The molecule has 1 aromatic rings. The molecule has 2 rings (SSSR count). The van der Waals surface area contributed by atoms with Crippen LogP contribution in [-0.4, -0.2) is 31.6 Å². The zero-order valence-corrected chi connectivity index (χ0v) is 11.1. The van der Waals surface area contributed by atoms with Crippen molar-refractivity contribution in [3.63, 3.8) is 0 Å². The average molecular weight is 275 g/mol. The predicted octanol–water partition coefficient (Wildman–Crippen LogP) is 1.43. The first-order valence-corrected chi connectivity index (χ1v) is 6.46. The van der Waals surface area contributed by atoms with Gasteiger partial charge in [0.25, 0.3) is 5.91 Å². The van der Waals surface area contributed by atoms with Gasteiger partial charge in [-0.3, -0.25) is 4.79 Å². The maximum Gasteiger partial charge on any atom is 0.252 e. The number of hydrogen-bond acceptors (Lipinski definition) is 4. The average Bonchev–Trinajstić information content (AvgIpc) is 2.49. The van der Waals surface area contributed by atoms with Crippen LogP contribution in [0.15, 0.2) is 36.4 Å². The summed E-state index contributed by atoms with van der Waals surface area (Å²) in [4.78, 5) is 23.2. The van der Waals surface area contributed by atoms with Gasteiger partial charge in [0.05, 0.1) is 19.3 Å². The number of carbonyl (C=O) groups is 2. The molecule has 20 heavy (non-hydrogen) atoms. The number of nitrogens with one attached hydrogen (secondary N) is 1. The third-order valence-electron chi connectivity index (χ3n) is 2.94. The maximum absolute atomic E-state index is 12.2. The molecule has 5 nitrogen and oxygen atoms in total. The molecule has 0 saturated carbocycles. The Morgan fingerprint density at radius 3 is 2.90 bits per heavy atom. The summed E-state index contributed by atoms with van der Waals surface area (Å²) in [6, 6.07) is 6.62. The number of rotatable bonds is 1. The van der Waals surface area contributed by atoms with Crippen molar-refractivity contribution in [2.24, 2.45) is 0 Å². The van der Waals surface area contributed by atoms with Crippen molar-refractivity contribution in [1.82, 2.24) is 5.32 Å². The van der Waals surface area contributed by atoms with E-state index in [4.69, 9.17) is 9.47 Å². The minimum atomic E-state index is -0.534. The molecule has 1 amide bonds. The van der Waals surface area contributed by atoms with Crippen LogP contribution in [0.5, 0.6) is 0 Å². The lowest BCUT2D eigenvalue weighted by Gasteiger charge is -2.13. The summed E-state index contributed by atoms with van der Waals surface area (Å²) in [5, 5.41) is 2.71. The Morgan fingerprint density at radius 2 is 2.05 bits per heavy atom. The molecule has 0 radical (unpaired) electrons. The van der Waals surface area contributed by atoms with E-state index in [1.807, 2.05) is 18.2 Å². The van der Waals surface area contributed by atoms with Crippen LogP contribution in [0.25, 0.3) is 0 Å². The van der Waals surface area contributed by atoms with Gasteiger partial charge in [0.1, 0.15) is 13.1 Å². The Kier molecular flexibility index (Phi) is 5.46. The van der Waals surface area contributed by atoms with Crippen molar-refractivity contribution in [2.75, 3.05) is 13.4 Å². The highest BCUT2D eigenvalue weighted by molar-refractivity contribution is 5.97. The van der Waals surface area contributed by atoms with E-state index in [0.717, 1.165) is 11.8 Å². The van der Waals surface area contributed by atoms with Crippen LogP contribution in [-0.2, 0) is 20.9 Å². The fraction of sp³-hybridized carbons (Fsp3) is 0.333. The van der Waals surface area contributed by atoms with E-state index in [-0.39, 0.29) is 12.7 Å². The molecule has 0 aromatic heterocycles. The van der Waals surface area contributed by atoms with Gasteiger partial charge in [-0.05, 0) is 18.1 Å². The molecule has 0 bridgehead atoms. The minimum Gasteiger partial charge on any atom is -0.351 e. The Hall–Kier alpha value is -1.98. The van der Waals surface area contributed by atoms with Crippen molar-refractivity contribution in [1.29, 1.82) is 0 Å². The molecular weight excluding hydrogens is 258 g/mol. The number of benzene rings is 1. The first kappa shape index (κ1) is 14.4. The van der Waals surface area contributed by atoms with Crippen LogP contribution in [0.1, 0.15) is 22.3 Å². The fourth-order valence-corrected chi connectivity index (χ4v) is 1.90. The van der Waals surface area contributed by atoms with Crippen molar-refractivity contribution < 1.29 is 19.1 Å². The van der Waals surface area contributed by atoms with Gasteiger partial charge in [-0.1, -0.05) is 30.4 Å². The summed E-state index contributed by atoms with van der Waals surface area (Å²) in [5.41, 5.74) is 1.29. The number of aldehydes is 1. The number of ether oxygens (including phenoxy) is 2. The van der Waals surface area contributed by atoms with Gasteiger partial charge in [-0.15, -0.1) is 0 Å². The second kappa shape index (κ2) is 7.57. The minimum absolute atomic E-state index is 0.164. The lowest BCUT2D eigenvalue weighted by molar-refractivity contribution is -0.109. The van der Waals surface area contributed by atoms with E-state index in [9.17, 15) is 9.59 Å². The summed E-state index contributed by atoms with van der Waals surface area (Å²) in [6.07, 6.45) is 4.80. The highest BCUT2D eigenvalue weighted by Crippen LogP contribution is 2.11. The quantitative estimate of drug-likeness (QED) is 0.622. The molecular formula is C15H17NO4. The van der Waals surface area contributed by atoms with Crippen LogP contribution >= 0.6 is 0 Å². The van der Waals surface area contributed by atoms with Crippen molar-refractivity contribution >= 4 is 12.2 Å². The van der Waals surface area contributed by atoms with Crippen LogP contribution in [0.3, 0.4) is 0 Å². The van der Waals surface area contributed by atoms with Gasteiger partial charge < -0.3 is 19.6 Å². The van der Waals surface area contributed by atoms with Gasteiger partial charge in [-0.25, -0.2) is 0 Å². The third-order valence-corrected chi connectivity index (χ3v) is 2.94. The van der Waals surface area contributed by atoms with Gasteiger partial charge in [0, 0.05) is 5.56 Å². The molecule has 0 unspecified atom stereocenters. The second-order valence-electron chi connectivity index (χ2n) is 4.42. The van der Waals surface area contributed by atoms with Crippen molar-refractivity contribution in [3.8, 4) is 0 Å². The number of carbonyl (C=O) groups excluding carboxylic acids is 2. The molecule has 0 saturated heterocycles. The molecule has 106 valence electrons. The smallest absolute Gasteiger partial charge is 0.252 e. The van der Waals surface area contributed by atoms with Gasteiger partial charge in [0.2, 0.25) is 0 Å². The Balaban J connectivity index is 2.20. The normalized spacial score (nSPS) is 22.4. The number of amides is 1. The van der Waals surface area contributed by atoms with Gasteiger partial charge >= 0.3 is 0 Å². The zero-order chi connectivity index (χ0) is 14.2. The lowest BCUT2D eigenvalue weighted by atomic mass is 10.1. The van der Waals surface area contributed by atoms with E-state index in [1.54, 1.807) is 18.2 Å². The van der Waals surface area contributed by atoms with E-state index in [2.05, 4.69) is 5.32 Å². The first-order chi connectivity index (χ1) is 9.81. The highest BCUT2D eigenvalue weighted by atomic mass is 16.7. The summed E-state index contributed by atoms with van der Waals surface area (Å²) >= 11 is 0. The Bertz CT molecular complexity index is 498. The predicted molar refractivity (Wildman–Crippen MR) is 73.1 cm³/mol. The van der Waals surface area contributed by atoms with Crippen molar-refractivity contribution in [2.45, 2.75) is 19.1 Å². The molecule has 1 N–H and O–H groups in total. The molecule has 0 fully saturated rings. The Labute approximate surface area is 117 Å². The van der Waals surface area contributed by atoms with E-state index in [0.29, 0.717) is 25.2 Å². The molecule has 1 heterocycles. The van der Waals surface area contributed by atoms with E-state index < -0.39 is 6.04 Å². The van der Waals surface area contributed by atoms with Crippen LogP contribution in [0, 0.1) is 0 Å². The molecule has 0 spiro atoms. The second-order valence-corrected chi connectivity index (χ2v) is 4.42. The molecule has 0 aliphatic carbocycles. The molecule has 1 aromatic carbocycles. The molecule has 1 atom stereocenters. The summed E-state index contributed by atoms with van der Waals surface area (Å²) in [6.45, 7) is 0.873. The van der Waals surface area contributed by atoms with Gasteiger partial charge in [0.15, 0.2) is 0 Å². The Morgan fingerprint density at radius 1 is 1.20 bits per heavy atom. The molecule has 5 heteroatoms. The third kappa shape index (κ3) is 4.01.